The Balaban J connectivity index is 2.46. The lowest BCUT2D eigenvalue weighted by atomic mass is 9.64. The maximum Gasteiger partial charge on any atom is 0.206 e. The van der Waals surface area contributed by atoms with Gasteiger partial charge in [0.2, 0.25) is 5.82 Å². The summed E-state index contributed by atoms with van der Waals surface area (Å²) in [4.78, 5) is 0. The highest BCUT2D eigenvalue weighted by atomic mass is 19.1. The van der Waals surface area contributed by atoms with Crippen molar-refractivity contribution in [3.63, 3.8) is 0 Å². The lowest BCUT2D eigenvalue weighted by molar-refractivity contribution is 0.241. The summed E-state index contributed by atoms with van der Waals surface area (Å²) in [5.41, 5.74) is 6.10. The normalized spacial score (nSPS) is 17.9. The molecule has 0 heterocycles. The molecular formula is C12H16FNO2. The Labute approximate surface area is 94.0 Å². The highest BCUT2D eigenvalue weighted by molar-refractivity contribution is 5.47. The van der Waals surface area contributed by atoms with E-state index in [1.165, 1.54) is 7.11 Å². The maximum atomic E-state index is 13.7. The van der Waals surface area contributed by atoms with Crippen LogP contribution in [0.25, 0.3) is 0 Å². The number of hydrogen-bond acceptors (Lipinski definition) is 3. The van der Waals surface area contributed by atoms with Gasteiger partial charge >= 0.3 is 0 Å². The molecule has 88 valence electrons. The zero-order valence-corrected chi connectivity index (χ0v) is 9.29. The minimum Gasteiger partial charge on any atom is -0.505 e. The number of rotatable bonds is 3. The van der Waals surface area contributed by atoms with Gasteiger partial charge in [-0.25, -0.2) is 0 Å². The summed E-state index contributed by atoms with van der Waals surface area (Å²) in [5, 5.41) is 9.83. The van der Waals surface area contributed by atoms with E-state index in [1.807, 2.05) is 0 Å². The Bertz CT molecular complexity index is 397. The van der Waals surface area contributed by atoms with Crippen molar-refractivity contribution in [2.45, 2.75) is 24.7 Å². The van der Waals surface area contributed by atoms with E-state index in [-0.39, 0.29) is 16.9 Å². The molecule has 1 aliphatic rings. The minimum absolute atomic E-state index is 0.0627. The standard InChI is InChI=1S/C12H16FNO2/c1-16-9-4-3-8(11(15)10(9)13)12(7-14)5-2-6-12/h3-4,15H,2,5-7,14H2,1H3. The van der Waals surface area contributed by atoms with Crippen LogP contribution >= 0.6 is 0 Å². The van der Waals surface area contributed by atoms with E-state index in [1.54, 1.807) is 12.1 Å². The number of benzene rings is 1. The molecule has 0 atom stereocenters. The van der Waals surface area contributed by atoms with Gasteiger partial charge in [-0.2, -0.15) is 4.39 Å². The molecule has 3 nitrogen and oxygen atoms in total. The average molecular weight is 225 g/mol. The van der Waals surface area contributed by atoms with Crippen molar-refractivity contribution in [2.75, 3.05) is 13.7 Å². The van der Waals surface area contributed by atoms with Gasteiger partial charge in [0.25, 0.3) is 0 Å². The fourth-order valence-electron chi connectivity index (χ4n) is 2.32. The van der Waals surface area contributed by atoms with Crippen LogP contribution in [0.1, 0.15) is 24.8 Å². The van der Waals surface area contributed by atoms with E-state index < -0.39 is 5.82 Å². The van der Waals surface area contributed by atoms with Crippen molar-refractivity contribution < 1.29 is 14.2 Å². The SMILES string of the molecule is COc1ccc(C2(CN)CCC2)c(O)c1F. The molecule has 1 aromatic rings. The van der Waals surface area contributed by atoms with Crippen LogP contribution in [-0.2, 0) is 5.41 Å². The molecule has 0 unspecified atom stereocenters. The van der Waals surface area contributed by atoms with E-state index in [2.05, 4.69) is 0 Å². The quantitative estimate of drug-likeness (QED) is 0.826. The van der Waals surface area contributed by atoms with E-state index in [9.17, 15) is 9.50 Å². The fourth-order valence-corrected chi connectivity index (χ4v) is 2.32. The van der Waals surface area contributed by atoms with Crippen LogP contribution in [0.3, 0.4) is 0 Å². The molecule has 0 aliphatic heterocycles. The lowest BCUT2D eigenvalue weighted by Gasteiger charge is -2.41. The molecule has 2 rings (SSSR count). The Kier molecular flexibility index (Phi) is 2.76. The molecule has 0 saturated heterocycles. The second kappa shape index (κ2) is 3.94. The zero-order valence-electron chi connectivity index (χ0n) is 9.29. The Morgan fingerprint density at radius 1 is 1.50 bits per heavy atom. The van der Waals surface area contributed by atoms with Gasteiger partial charge < -0.3 is 15.6 Å². The molecule has 1 saturated carbocycles. The average Bonchev–Trinajstić information content (AvgIpc) is 2.23. The third-order valence-electron chi connectivity index (χ3n) is 3.57. The largest absolute Gasteiger partial charge is 0.505 e. The number of aromatic hydroxyl groups is 1. The predicted octanol–water partition coefficient (Wildman–Crippen LogP) is 1.92. The summed E-state index contributed by atoms with van der Waals surface area (Å²) >= 11 is 0. The Hall–Kier alpha value is -1.29. The second-order valence-electron chi connectivity index (χ2n) is 4.32. The van der Waals surface area contributed by atoms with Crippen molar-refractivity contribution in [2.24, 2.45) is 5.73 Å². The highest BCUT2D eigenvalue weighted by Gasteiger charge is 2.40. The van der Waals surface area contributed by atoms with Gasteiger partial charge in [0.05, 0.1) is 7.11 Å². The molecule has 1 aromatic carbocycles. The van der Waals surface area contributed by atoms with Crippen LogP contribution in [0.2, 0.25) is 0 Å². The van der Waals surface area contributed by atoms with Gasteiger partial charge in [0.1, 0.15) is 0 Å². The summed E-state index contributed by atoms with van der Waals surface area (Å²) in [6.07, 6.45) is 2.88. The van der Waals surface area contributed by atoms with Crippen LogP contribution in [0.15, 0.2) is 12.1 Å². The van der Waals surface area contributed by atoms with E-state index in [4.69, 9.17) is 10.5 Å². The van der Waals surface area contributed by atoms with Crippen molar-refractivity contribution in [3.05, 3.63) is 23.5 Å². The number of phenolic OH excluding ortho intramolecular Hbond substituents is 1. The van der Waals surface area contributed by atoms with Crippen LogP contribution in [0.4, 0.5) is 4.39 Å². The number of methoxy groups -OCH3 is 1. The van der Waals surface area contributed by atoms with Crippen LogP contribution in [-0.4, -0.2) is 18.8 Å². The van der Waals surface area contributed by atoms with Crippen molar-refractivity contribution in [1.29, 1.82) is 0 Å². The first-order chi connectivity index (χ1) is 7.64. The van der Waals surface area contributed by atoms with Crippen LogP contribution in [0.5, 0.6) is 11.5 Å². The first-order valence-corrected chi connectivity index (χ1v) is 5.40. The molecule has 0 radical (unpaired) electrons. The predicted molar refractivity (Wildman–Crippen MR) is 59.2 cm³/mol. The summed E-state index contributed by atoms with van der Waals surface area (Å²) in [6, 6.07) is 3.25. The van der Waals surface area contributed by atoms with Crippen molar-refractivity contribution >= 4 is 0 Å². The van der Waals surface area contributed by atoms with Gasteiger partial charge in [-0.05, 0) is 18.9 Å². The van der Waals surface area contributed by atoms with Gasteiger partial charge in [-0.15, -0.1) is 0 Å². The summed E-state index contributed by atoms with van der Waals surface area (Å²) < 4.78 is 18.5. The zero-order chi connectivity index (χ0) is 11.8. The summed E-state index contributed by atoms with van der Waals surface area (Å²) in [5.74, 6) is -0.947. The third kappa shape index (κ3) is 1.45. The van der Waals surface area contributed by atoms with E-state index in [0.29, 0.717) is 12.1 Å². The number of halogens is 1. The highest BCUT2D eigenvalue weighted by Crippen LogP contribution is 2.47. The van der Waals surface area contributed by atoms with E-state index >= 15 is 0 Å². The molecule has 3 N–H and O–H groups in total. The maximum absolute atomic E-state index is 13.7. The van der Waals surface area contributed by atoms with Crippen molar-refractivity contribution in [1.82, 2.24) is 0 Å². The molecule has 0 aromatic heterocycles. The van der Waals surface area contributed by atoms with Gasteiger partial charge in [-0.3, -0.25) is 0 Å². The first-order valence-electron chi connectivity index (χ1n) is 5.40. The molecule has 16 heavy (non-hydrogen) atoms. The van der Waals surface area contributed by atoms with Gasteiger partial charge in [0, 0.05) is 17.5 Å². The molecule has 1 fully saturated rings. The Morgan fingerprint density at radius 3 is 2.62 bits per heavy atom. The van der Waals surface area contributed by atoms with Gasteiger partial charge in [-0.1, -0.05) is 12.5 Å². The summed E-state index contributed by atoms with van der Waals surface area (Å²) in [6.45, 7) is 0.437. The molecule has 4 heteroatoms. The van der Waals surface area contributed by atoms with Gasteiger partial charge in [0.15, 0.2) is 11.5 Å². The molecule has 0 bridgehead atoms. The number of nitrogens with two attached hydrogens (primary N) is 1. The molecule has 0 amide bonds. The minimum atomic E-state index is -0.695. The second-order valence-corrected chi connectivity index (χ2v) is 4.32. The number of hydrogen-bond donors (Lipinski definition) is 2. The molecular weight excluding hydrogens is 209 g/mol. The molecule has 0 spiro atoms. The first kappa shape index (κ1) is 11.2. The number of ether oxygens (including phenoxy) is 1. The number of phenols is 1. The van der Waals surface area contributed by atoms with Crippen LogP contribution in [0, 0.1) is 5.82 Å². The molecule has 1 aliphatic carbocycles. The topological polar surface area (TPSA) is 55.5 Å². The summed E-state index contributed by atoms with van der Waals surface area (Å²) in [7, 11) is 1.37. The fraction of sp³-hybridized carbons (Fsp3) is 0.500. The van der Waals surface area contributed by atoms with E-state index in [0.717, 1.165) is 19.3 Å². The monoisotopic (exact) mass is 225 g/mol. The smallest absolute Gasteiger partial charge is 0.206 e. The lowest BCUT2D eigenvalue weighted by Crippen LogP contribution is -2.41. The third-order valence-corrected chi connectivity index (χ3v) is 3.57. The van der Waals surface area contributed by atoms with Crippen molar-refractivity contribution in [3.8, 4) is 11.5 Å². The Morgan fingerprint density at radius 2 is 2.19 bits per heavy atom. The van der Waals surface area contributed by atoms with Crippen LogP contribution < -0.4 is 10.5 Å².